The Kier molecular flexibility index (Phi) is 5.53. The third-order valence-electron chi connectivity index (χ3n) is 5.01. The van der Waals surface area contributed by atoms with Crippen LogP contribution in [0.3, 0.4) is 0 Å². The molecule has 0 atom stereocenters. The summed E-state index contributed by atoms with van der Waals surface area (Å²) in [4.78, 5) is 39.8. The Morgan fingerprint density at radius 1 is 1.26 bits per heavy atom. The van der Waals surface area contributed by atoms with Crippen molar-refractivity contribution >= 4 is 40.1 Å². The molecule has 2 heterocycles. The highest BCUT2D eigenvalue weighted by Gasteiger charge is 2.22. The van der Waals surface area contributed by atoms with Gasteiger partial charge in [0.1, 0.15) is 11.6 Å². The lowest BCUT2D eigenvalue weighted by atomic mass is 10.1. The van der Waals surface area contributed by atoms with Gasteiger partial charge in [0.25, 0.3) is 5.56 Å². The molecule has 1 aliphatic rings. The second-order valence-corrected chi connectivity index (χ2v) is 7.19. The highest BCUT2D eigenvalue weighted by molar-refractivity contribution is 6.36. The third-order valence-corrected chi connectivity index (χ3v) is 5.01. The first kappa shape index (κ1) is 20.3. The van der Waals surface area contributed by atoms with Crippen LogP contribution < -0.4 is 15.6 Å². The highest BCUT2D eigenvalue weighted by atomic mass is 16.5. The molecule has 0 spiro atoms. The van der Waals surface area contributed by atoms with Gasteiger partial charge in [-0.2, -0.15) is 0 Å². The Bertz CT molecular complexity index is 1280. The largest absolute Gasteiger partial charge is 0.493 e. The van der Waals surface area contributed by atoms with Crippen molar-refractivity contribution in [1.82, 2.24) is 9.55 Å². The van der Waals surface area contributed by atoms with Gasteiger partial charge >= 0.3 is 11.9 Å². The molecular weight excluding hydrogens is 398 g/mol. The lowest BCUT2D eigenvalue weighted by Gasteiger charge is -2.10. The standard InChI is InChI=1S/C23H21N3O5/c1-2-11-31-19-6-4-3-5-14(19)12-15-9-10-26-20(15)25-18-13-16(24-21(27)23(29)30)7-8-17(18)22(26)28/h3-8,12-13H,2,9-11H2,1H3,(H,24,27)(H,29,30)/b15-12-. The van der Waals surface area contributed by atoms with E-state index < -0.39 is 11.9 Å². The molecule has 1 aromatic heterocycles. The number of carboxylic acids is 1. The van der Waals surface area contributed by atoms with Crippen molar-refractivity contribution in [3.8, 4) is 5.75 Å². The Hall–Kier alpha value is -3.94. The van der Waals surface area contributed by atoms with E-state index in [-0.39, 0.29) is 11.2 Å². The minimum absolute atomic E-state index is 0.171. The minimum Gasteiger partial charge on any atom is -0.493 e. The lowest BCUT2D eigenvalue weighted by molar-refractivity contribution is -0.147. The molecule has 0 radical (unpaired) electrons. The molecule has 1 aliphatic heterocycles. The summed E-state index contributed by atoms with van der Waals surface area (Å²) in [5, 5.41) is 11.5. The Balaban J connectivity index is 1.76. The smallest absolute Gasteiger partial charge is 0.394 e. The third kappa shape index (κ3) is 4.05. The van der Waals surface area contributed by atoms with E-state index in [1.165, 1.54) is 12.1 Å². The molecule has 8 heteroatoms. The summed E-state index contributed by atoms with van der Waals surface area (Å²) in [6, 6.07) is 12.3. The summed E-state index contributed by atoms with van der Waals surface area (Å²) in [5.74, 6) is -1.40. The number of nitrogens with zero attached hydrogens (tertiary/aromatic N) is 2. The first-order valence-electron chi connectivity index (χ1n) is 9.99. The number of ether oxygens (including phenoxy) is 1. The Morgan fingerprint density at radius 2 is 2.06 bits per heavy atom. The monoisotopic (exact) mass is 419 g/mol. The maximum absolute atomic E-state index is 13.0. The molecule has 158 valence electrons. The number of fused-ring (bicyclic) bond motifs is 2. The van der Waals surface area contributed by atoms with E-state index >= 15 is 0 Å². The van der Waals surface area contributed by atoms with Crippen LogP contribution in [0.15, 0.2) is 47.3 Å². The van der Waals surface area contributed by atoms with E-state index in [0.29, 0.717) is 36.3 Å². The number of carbonyl (C=O) groups excluding carboxylic acids is 1. The van der Waals surface area contributed by atoms with Crippen molar-refractivity contribution in [3.05, 3.63) is 64.2 Å². The topological polar surface area (TPSA) is 111 Å². The van der Waals surface area contributed by atoms with Crippen LogP contribution in [0.5, 0.6) is 5.75 Å². The van der Waals surface area contributed by atoms with Crippen LogP contribution in [0, 0.1) is 0 Å². The number of aromatic nitrogens is 2. The number of nitrogens with one attached hydrogen (secondary N) is 1. The summed E-state index contributed by atoms with van der Waals surface area (Å²) < 4.78 is 7.47. The summed E-state index contributed by atoms with van der Waals surface area (Å²) in [7, 11) is 0. The van der Waals surface area contributed by atoms with Gasteiger partial charge in [0.05, 0.1) is 17.5 Å². The Morgan fingerprint density at radius 3 is 2.84 bits per heavy atom. The SMILES string of the molecule is CCCOc1ccccc1/C=C1/CCn2c1nc1cc(NC(=O)C(=O)O)ccc1c2=O. The molecule has 1 amide bonds. The first-order valence-corrected chi connectivity index (χ1v) is 9.99. The number of anilines is 1. The molecule has 0 saturated heterocycles. The van der Waals surface area contributed by atoms with Gasteiger partial charge in [-0.3, -0.25) is 14.2 Å². The first-order chi connectivity index (χ1) is 15.0. The van der Waals surface area contributed by atoms with Crippen LogP contribution in [0.25, 0.3) is 22.6 Å². The fraction of sp³-hybridized carbons (Fsp3) is 0.217. The minimum atomic E-state index is -1.59. The summed E-state index contributed by atoms with van der Waals surface area (Å²) in [6.07, 6.45) is 3.54. The van der Waals surface area contributed by atoms with Gasteiger partial charge in [-0.25, -0.2) is 9.78 Å². The number of rotatable bonds is 5. The molecular formula is C23H21N3O5. The summed E-state index contributed by atoms with van der Waals surface area (Å²) in [5.41, 5.74) is 2.30. The van der Waals surface area contributed by atoms with Gasteiger partial charge in [-0.15, -0.1) is 0 Å². The summed E-state index contributed by atoms with van der Waals surface area (Å²) >= 11 is 0. The average molecular weight is 419 g/mol. The highest BCUT2D eigenvalue weighted by Crippen LogP contribution is 2.30. The van der Waals surface area contributed by atoms with Gasteiger partial charge in [-0.05, 0) is 48.8 Å². The van der Waals surface area contributed by atoms with Crippen LogP contribution >= 0.6 is 0 Å². The molecule has 2 aromatic carbocycles. The Labute approximate surface area is 177 Å². The molecule has 0 aliphatic carbocycles. The fourth-order valence-corrected chi connectivity index (χ4v) is 3.55. The van der Waals surface area contributed by atoms with Crippen molar-refractivity contribution < 1.29 is 19.4 Å². The van der Waals surface area contributed by atoms with Gasteiger partial charge < -0.3 is 15.2 Å². The number of hydrogen-bond acceptors (Lipinski definition) is 5. The van der Waals surface area contributed by atoms with Gasteiger partial charge in [-0.1, -0.05) is 25.1 Å². The van der Waals surface area contributed by atoms with Crippen molar-refractivity contribution in [2.45, 2.75) is 26.3 Å². The predicted octanol–water partition coefficient (Wildman–Crippen LogP) is 3.15. The zero-order valence-electron chi connectivity index (χ0n) is 16.9. The second-order valence-electron chi connectivity index (χ2n) is 7.19. The maximum Gasteiger partial charge on any atom is 0.394 e. The molecule has 3 aromatic rings. The van der Waals surface area contributed by atoms with E-state index in [9.17, 15) is 14.4 Å². The van der Waals surface area contributed by atoms with E-state index in [0.717, 1.165) is 23.3 Å². The molecule has 0 bridgehead atoms. The maximum atomic E-state index is 13.0. The van der Waals surface area contributed by atoms with Crippen LogP contribution in [0.1, 0.15) is 31.2 Å². The molecule has 2 N–H and O–H groups in total. The van der Waals surface area contributed by atoms with Gasteiger partial charge in [0, 0.05) is 17.8 Å². The zero-order valence-corrected chi connectivity index (χ0v) is 16.9. The van der Waals surface area contributed by atoms with Gasteiger partial charge in [0.15, 0.2) is 0 Å². The normalized spacial score (nSPS) is 13.9. The lowest BCUT2D eigenvalue weighted by Crippen LogP contribution is -2.23. The van der Waals surface area contributed by atoms with Crippen LogP contribution in [0.4, 0.5) is 5.69 Å². The van der Waals surface area contributed by atoms with E-state index in [2.05, 4.69) is 10.3 Å². The number of amides is 1. The fourth-order valence-electron chi connectivity index (χ4n) is 3.55. The summed E-state index contributed by atoms with van der Waals surface area (Å²) in [6.45, 7) is 3.19. The van der Waals surface area contributed by atoms with Crippen LogP contribution in [0.2, 0.25) is 0 Å². The second kappa shape index (κ2) is 8.43. The number of carboxylic acid groups (broad SMARTS) is 1. The van der Waals surface area contributed by atoms with Crippen molar-refractivity contribution in [2.75, 3.05) is 11.9 Å². The zero-order chi connectivity index (χ0) is 22.0. The molecule has 31 heavy (non-hydrogen) atoms. The molecule has 4 rings (SSSR count). The van der Waals surface area contributed by atoms with Crippen molar-refractivity contribution in [3.63, 3.8) is 0 Å². The van der Waals surface area contributed by atoms with Crippen LogP contribution in [-0.4, -0.2) is 33.1 Å². The number of allylic oxidation sites excluding steroid dienone is 1. The molecule has 0 unspecified atom stereocenters. The molecule has 0 fully saturated rings. The van der Waals surface area contributed by atoms with E-state index in [4.69, 9.17) is 9.84 Å². The number of hydrogen-bond donors (Lipinski definition) is 2. The average Bonchev–Trinajstić information content (AvgIpc) is 3.16. The van der Waals surface area contributed by atoms with Crippen molar-refractivity contribution in [1.29, 1.82) is 0 Å². The van der Waals surface area contributed by atoms with E-state index in [1.54, 1.807) is 10.6 Å². The van der Waals surface area contributed by atoms with Crippen LogP contribution in [-0.2, 0) is 16.1 Å². The van der Waals surface area contributed by atoms with Crippen molar-refractivity contribution in [2.24, 2.45) is 0 Å². The number of para-hydroxylation sites is 1. The molecule has 8 nitrogen and oxygen atoms in total. The molecule has 0 saturated carbocycles. The number of carbonyl (C=O) groups is 2. The number of aliphatic carboxylic acids is 1. The number of benzene rings is 2. The quantitative estimate of drug-likeness (QED) is 0.615. The van der Waals surface area contributed by atoms with E-state index in [1.807, 2.05) is 37.3 Å². The van der Waals surface area contributed by atoms with Gasteiger partial charge in [0.2, 0.25) is 0 Å². The predicted molar refractivity (Wildman–Crippen MR) is 117 cm³/mol.